The Morgan fingerprint density at radius 3 is 2.50 bits per heavy atom. The summed E-state index contributed by atoms with van der Waals surface area (Å²) in [6, 6.07) is 6.63. The van der Waals surface area contributed by atoms with E-state index >= 15 is 0 Å². The van der Waals surface area contributed by atoms with E-state index in [4.69, 9.17) is 11.6 Å². The third kappa shape index (κ3) is 2.72. The van der Waals surface area contributed by atoms with Crippen LogP contribution < -0.4 is 0 Å². The van der Waals surface area contributed by atoms with Crippen LogP contribution in [0.15, 0.2) is 24.3 Å². The van der Waals surface area contributed by atoms with E-state index in [0.717, 1.165) is 0 Å². The minimum absolute atomic E-state index is 0.0284. The van der Waals surface area contributed by atoms with Gasteiger partial charge in [-0.1, -0.05) is 18.1 Å². The molecule has 1 aromatic rings. The van der Waals surface area contributed by atoms with Crippen molar-refractivity contribution in [1.29, 1.82) is 0 Å². The van der Waals surface area contributed by atoms with Crippen LogP contribution in [0.25, 0.3) is 0 Å². The van der Waals surface area contributed by atoms with E-state index in [0.29, 0.717) is 17.4 Å². The summed E-state index contributed by atoms with van der Waals surface area (Å²) in [5, 5.41) is 0. The molecule has 0 atom stereocenters. The first-order valence-electron chi connectivity index (χ1n) is 3.92. The second kappa shape index (κ2) is 5.21. The van der Waals surface area contributed by atoms with Gasteiger partial charge in [0.15, 0.2) is 12.1 Å². The molecular weight excluding hydrogens is 200 g/mol. The van der Waals surface area contributed by atoms with Crippen LogP contribution in [0.3, 0.4) is 0 Å². The number of benzene rings is 1. The lowest BCUT2D eigenvalue weighted by atomic mass is 10.1. The van der Waals surface area contributed by atoms with E-state index in [1.807, 2.05) is 0 Å². The Labute approximate surface area is 86.9 Å². The molecule has 0 aliphatic heterocycles. The molecule has 0 fully saturated rings. The molecule has 0 amide bonds. The van der Waals surface area contributed by atoms with Crippen molar-refractivity contribution in [3.63, 3.8) is 0 Å². The molecule has 0 aliphatic carbocycles. The standard InChI is InChI=1S/C11H7ClO2/c12-8-11(14)10-5-3-9(4-6-10)2-1-7-13/h3-7H,8H2. The zero-order valence-corrected chi connectivity index (χ0v) is 8.04. The minimum Gasteiger partial charge on any atom is -0.293 e. The zero-order valence-electron chi connectivity index (χ0n) is 7.29. The average molecular weight is 207 g/mol. The van der Waals surface area contributed by atoms with Crippen LogP contribution in [-0.4, -0.2) is 17.9 Å². The average Bonchev–Trinajstić information content (AvgIpc) is 2.26. The monoisotopic (exact) mass is 206 g/mol. The van der Waals surface area contributed by atoms with Crippen molar-refractivity contribution in [1.82, 2.24) is 0 Å². The maximum atomic E-state index is 11.1. The van der Waals surface area contributed by atoms with Crippen LogP contribution in [0.2, 0.25) is 0 Å². The summed E-state index contributed by atoms with van der Waals surface area (Å²) >= 11 is 5.39. The molecule has 0 unspecified atom stereocenters. The number of hydrogen-bond acceptors (Lipinski definition) is 2. The van der Waals surface area contributed by atoms with E-state index in [9.17, 15) is 9.59 Å². The highest BCUT2D eigenvalue weighted by Gasteiger charge is 2.01. The largest absolute Gasteiger partial charge is 0.293 e. The fourth-order valence-electron chi connectivity index (χ4n) is 0.929. The first kappa shape index (κ1) is 10.5. The lowest BCUT2D eigenvalue weighted by Crippen LogP contribution is -1.99. The van der Waals surface area contributed by atoms with E-state index < -0.39 is 0 Å². The van der Waals surface area contributed by atoms with Gasteiger partial charge in [0.05, 0.1) is 5.88 Å². The summed E-state index contributed by atoms with van der Waals surface area (Å²) in [4.78, 5) is 21.1. The highest BCUT2D eigenvalue weighted by atomic mass is 35.5. The van der Waals surface area contributed by atoms with Crippen molar-refractivity contribution < 1.29 is 9.59 Å². The van der Waals surface area contributed by atoms with Crippen molar-refractivity contribution in [3.8, 4) is 11.8 Å². The molecule has 0 aliphatic rings. The first-order valence-corrected chi connectivity index (χ1v) is 4.46. The number of aldehydes is 1. The first-order chi connectivity index (χ1) is 6.77. The lowest BCUT2D eigenvalue weighted by molar-refractivity contribution is -0.103. The van der Waals surface area contributed by atoms with Crippen molar-refractivity contribution in [2.45, 2.75) is 0 Å². The number of carbonyl (C=O) groups excluding carboxylic acids is 2. The van der Waals surface area contributed by atoms with Crippen LogP contribution in [-0.2, 0) is 4.79 Å². The number of Topliss-reactive ketones (excluding diaryl/α,β-unsaturated/α-hetero) is 1. The molecule has 70 valence electrons. The topological polar surface area (TPSA) is 34.1 Å². The molecule has 0 heterocycles. The molecule has 0 radical (unpaired) electrons. The SMILES string of the molecule is O=CC#Cc1ccc(C(=O)CCl)cc1. The predicted molar refractivity (Wildman–Crippen MR) is 54.4 cm³/mol. The number of halogens is 1. The number of carbonyl (C=O) groups is 2. The van der Waals surface area contributed by atoms with Gasteiger partial charge < -0.3 is 0 Å². The van der Waals surface area contributed by atoms with Crippen molar-refractivity contribution in [2.24, 2.45) is 0 Å². The highest BCUT2D eigenvalue weighted by Crippen LogP contribution is 2.04. The lowest BCUT2D eigenvalue weighted by Gasteiger charge is -1.95. The van der Waals surface area contributed by atoms with Crippen LogP contribution in [0.1, 0.15) is 15.9 Å². The summed E-state index contributed by atoms with van der Waals surface area (Å²) in [7, 11) is 0. The maximum Gasteiger partial charge on any atom is 0.193 e. The van der Waals surface area contributed by atoms with Gasteiger partial charge in [0, 0.05) is 11.1 Å². The Balaban J connectivity index is 2.88. The smallest absolute Gasteiger partial charge is 0.193 e. The Morgan fingerprint density at radius 1 is 1.36 bits per heavy atom. The van der Waals surface area contributed by atoms with Crippen molar-refractivity contribution in [3.05, 3.63) is 35.4 Å². The van der Waals surface area contributed by atoms with Gasteiger partial charge in [-0.15, -0.1) is 11.6 Å². The van der Waals surface area contributed by atoms with Gasteiger partial charge >= 0.3 is 0 Å². The quantitative estimate of drug-likeness (QED) is 0.319. The zero-order chi connectivity index (χ0) is 10.4. The van der Waals surface area contributed by atoms with Gasteiger partial charge in [-0.2, -0.15) is 0 Å². The second-order valence-electron chi connectivity index (χ2n) is 2.52. The molecule has 0 saturated carbocycles. The Bertz CT molecular complexity index is 396. The van der Waals surface area contributed by atoms with Gasteiger partial charge in [0.1, 0.15) is 0 Å². The number of alkyl halides is 1. The van der Waals surface area contributed by atoms with E-state index in [-0.39, 0.29) is 11.7 Å². The molecule has 1 rings (SSSR count). The minimum atomic E-state index is -0.124. The van der Waals surface area contributed by atoms with Crippen LogP contribution >= 0.6 is 11.6 Å². The van der Waals surface area contributed by atoms with Crippen LogP contribution in [0, 0.1) is 11.8 Å². The molecule has 0 bridgehead atoms. The molecular formula is C11H7ClO2. The highest BCUT2D eigenvalue weighted by molar-refractivity contribution is 6.30. The number of ketones is 1. The maximum absolute atomic E-state index is 11.1. The van der Waals surface area contributed by atoms with Gasteiger partial charge in [-0.3, -0.25) is 9.59 Å². The van der Waals surface area contributed by atoms with Crippen LogP contribution in [0.5, 0.6) is 0 Å². The Kier molecular flexibility index (Phi) is 3.90. The summed E-state index contributed by atoms with van der Waals surface area (Å²) in [6.45, 7) is 0. The Hall–Kier alpha value is -1.59. The summed E-state index contributed by atoms with van der Waals surface area (Å²) in [5.74, 6) is 4.75. The van der Waals surface area contributed by atoms with E-state index in [1.165, 1.54) is 0 Å². The fraction of sp³-hybridized carbons (Fsp3) is 0.0909. The van der Waals surface area contributed by atoms with Crippen molar-refractivity contribution >= 4 is 23.7 Å². The van der Waals surface area contributed by atoms with E-state index in [2.05, 4.69) is 11.8 Å². The summed E-state index contributed by atoms with van der Waals surface area (Å²) in [6.07, 6.45) is 0.526. The van der Waals surface area contributed by atoms with E-state index in [1.54, 1.807) is 24.3 Å². The van der Waals surface area contributed by atoms with Gasteiger partial charge in [-0.05, 0) is 18.1 Å². The molecule has 1 aromatic carbocycles. The van der Waals surface area contributed by atoms with Gasteiger partial charge in [-0.25, -0.2) is 0 Å². The molecule has 3 heteroatoms. The number of rotatable bonds is 2. The van der Waals surface area contributed by atoms with Gasteiger partial charge in [0.2, 0.25) is 0 Å². The third-order valence-electron chi connectivity index (χ3n) is 1.60. The third-order valence-corrected chi connectivity index (χ3v) is 1.85. The summed E-state index contributed by atoms with van der Waals surface area (Å²) in [5.41, 5.74) is 1.25. The predicted octanol–water partition coefficient (Wildman–Crippen LogP) is 1.66. The summed E-state index contributed by atoms with van der Waals surface area (Å²) < 4.78 is 0. The Morgan fingerprint density at radius 2 is 2.00 bits per heavy atom. The van der Waals surface area contributed by atoms with Crippen molar-refractivity contribution in [2.75, 3.05) is 5.88 Å². The normalized spacial score (nSPS) is 8.64. The van der Waals surface area contributed by atoms with Gasteiger partial charge in [0.25, 0.3) is 0 Å². The second-order valence-corrected chi connectivity index (χ2v) is 2.79. The molecule has 0 N–H and O–H groups in total. The molecule has 0 aromatic heterocycles. The molecule has 0 spiro atoms. The molecule has 0 saturated heterocycles. The molecule has 2 nitrogen and oxygen atoms in total. The van der Waals surface area contributed by atoms with Crippen LogP contribution in [0.4, 0.5) is 0 Å². The number of hydrogen-bond donors (Lipinski definition) is 0. The fourth-order valence-corrected chi connectivity index (χ4v) is 1.08. The molecule has 14 heavy (non-hydrogen) atoms.